The Morgan fingerprint density at radius 3 is 2.60 bits per heavy atom. The molecule has 3 heterocycles. The van der Waals surface area contributed by atoms with Crippen molar-refractivity contribution >= 4 is 52.3 Å². The number of aromatic carboxylic acids is 1. The van der Waals surface area contributed by atoms with Gasteiger partial charge in [-0.3, -0.25) is 4.79 Å². The Kier molecular flexibility index (Phi) is 6.31. The maximum atomic E-state index is 13.2. The molecule has 0 amide bonds. The standard InChI is InChI=1S/C41H33NO3S2/c1-22-17-36(46-35(22)21-38-39(43)28-14-11-24(40(44)45)19-37(28)47-38)23-12-16-34-30(18-23)27-8-6-10-33(27)42(34)25-13-15-32-29(20-25)26-7-4-5-9-31(26)41(32,2)3/h4-5,7,9,11-21,27,33H,6,8,10H2,1-3H3,(H,44,45)/b38-21+. The SMILES string of the molecule is Cc1cc(-c2ccc3c(c2)C2CCCC2N3c2ccc3c(c2)-c2ccccc2C3(C)C)sc1/C=C1/Sc2cc(C(=O)O)ccc2C1=O. The number of carbonyl (C=O) groups is 2. The number of fused-ring (bicyclic) bond motifs is 7. The predicted molar refractivity (Wildman–Crippen MR) is 193 cm³/mol. The molecule has 1 fully saturated rings. The highest BCUT2D eigenvalue weighted by atomic mass is 32.2. The number of thiophene rings is 1. The number of hydrogen-bond acceptors (Lipinski definition) is 5. The van der Waals surface area contributed by atoms with Crippen LogP contribution < -0.4 is 4.90 Å². The lowest BCUT2D eigenvalue weighted by molar-refractivity contribution is 0.0696. The molecular weight excluding hydrogens is 619 g/mol. The molecule has 1 saturated carbocycles. The van der Waals surface area contributed by atoms with Gasteiger partial charge in [0, 0.05) is 49.0 Å². The topological polar surface area (TPSA) is 57.6 Å². The summed E-state index contributed by atoms with van der Waals surface area (Å²) in [5.41, 5.74) is 12.7. The fourth-order valence-electron chi connectivity index (χ4n) is 8.42. The third-order valence-corrected chi connectivity index (χ3v) is 13.1. The lowest BCUT2D eigenvalue weighted by Gasteiger charge is -2.28. The molecule has 0 radical (unpaired) electrons. The summed E-state index contributed by atoms with van der Waals surface area (Å²) in [6.07, 6.45) is 5.63. The molecule has 1 N–H and O–H groups in total. The van der Waals surface area contributed by atoms with E-state index in [9.17, 15) is 14.7 Å². The molecule has 6 heteroatoms. The summed E-state index contributed by atoms with van der Waals surface area (Å²) in [6, 6.07) is 30.5. The normalized spacial score (nSPS) is 20.7. The van der Waals surface area contributed by atoms with Gasteiger partial charge in [0.05, 0.1) is 10.5 Å². The zero-order valence-corrected chi connectivity index (χ0v) is 28.1. The third kappa shape index (κ3) is 4.27. The Balaban J connectivity index is 1.05. The highest BCUT2D eigenvalue weighted by molar-refractivity contribution is 8.04. The van der Waals surface area contributed by atoms with E-state index in [2.05, 4.69) is 92.4 Å². The van der Waals surface area contributed by atoms with Crippen molar-refractivity contribution in [1.82, 2.24) is 0 Å². The van der Waals surface area contributed by atoms with Gasteiger partial charge in [-0.2, -0.15) is 0 Å². The van der Waals surface area contributed by atoms with Crippen molar-refractivity contribution in [2.24, 2.45) is 0 Å². The zero-order chi connectivity index (χ0) is 32.2. The average Bonchev–Trinajstić information content (AvgIpc) is 3.86. The number of thioether (sulfide) groups is 1. The van der Waals surface area contributed by atoms with Gasteiger partial charge in [-0.1, -0.05) is 68.4 Å². The number of aryl methyl sites for hydroxylation is 1. The zero-order valence-electron chi connectivity index (χ0n) is 26.5. The summed E-state index contributed by atoms with van der Waals surface area (Å²) < 4.78 is 0. The minimum absolute atomic E-state index is 0.00337. The Bertz CT molecular complexity index is 2220. The van der Waals surface area contributed by atoms with Gasteiger partial charge in [0.2, 0.25) is 5.78 Å². The van der Waals surface area contributed by atoms with Gasteiger partial charge in [0.15, 0.2) is 0 Å². The molecule has 2 aliphatic carbocycles. The van der Waals surface area contributed by atoms with Gasteiger partial charge >= 0.3 is 5.97 Å². The summed E-state index contributed by atoms with van der Waals surface area (Å²) in [5.74, 6) is -0.508. The molecule has 1 aromatic heterocycles. The molecule has 4 aliphatic rings. The maximum Gasteiger partial charge on any atom is 0.335 e. The Morgan fingerprint density at radius 1 is 0.915 bits per heavy atom. The van der Waals surface area contributed by atoms with Crippen LogP contribution >= 0.6 is 23.1 Å². The van der Waals surface area contributed by atoms with Gasteiger partial charge in [-0.15, -0.1) is 11.3 Å². The van der Waals surface area contributed by atoms with Gasteiger partial charge in [0.25, 0.3) is 0 Å². The number of hydrogen-bond donors (Lipinski definition) is 1. The van der Waals surface area contributed by atoms with E-state index in [1.54, 1.807) is 23.5 Å². The number of ketones is 1. The van der Waals surface area contributed by atoms with E-state index in [0.717, 1.165) is 10.4 Å². The molecule has 0 saturated heterocycles. The van der Waals surface area contributed by atoms with Gasteiger partial charge in [0.1, 0.15) is 0 Å². The fourth-order valence-corrected chi connectivity index (χ4v) is 10.7. The summed E-state index contributed by atoms with van der Waals surface area (Å²) in [7, 11) is 0. The highest BCUT2D eigenvalue weighted by Gasteiger charge is 2.43. The van der Waals surface area contributed by atoms with Crippen LogP contribution in [0.15, 0.2) is 94.7 Å². The molecule has 232 valence electrons. The number of Topliss-reactive ketones (excluding diaryl/α,β-unsaturated/α-hetero) is 1. The van der Waals surface area contributed by atoms with Crippen LogP contribution in [0.5, 0.6) is 0 Å². The lowest BCUT2D eigenvalue weighted by atomic mass is 9.82. The van der Waals surface area contributed by atoms with Crippen LogP contribution in [-0.2, 0) is 5.41 Å². The first kappa shape index (κ1) is 28.8. The summed E-state index contributed by atoms with van der Waals surface area (Å²) in [5, 5.41) is 9.38. The van der Waals surface area contributed by atoms with E-state index < -0.39 is 5.97 Å². The van der Waals surface area contributed by atoms with E-state index in [1.807, 2.05) is 6.08 Å². The van der Waals surface area contributed by atoms with Crippen LogP contribution in [0.4, 0.5) is 11.4 Å². The summed E-state index contributed by atoms with van der Waals surface area (Å²) in [6.45, 7) is 6.78. The number of rotatable bonds is 4. The molecule has 0 bridgehead atoms. The van der Waals surface area contributed by atoms with Crippen LogP contribution in [0.1, 0.15) is 86.9 Å². The minimum atomic E-state index is -0.986. The Morgan fingerprint density at radius 2 is 1.74 bits per heavy atom. The van der Waals surface area contributed by atoms with Crippen LogP contribution in [-0.4, -0.2) is 22.9 Å². The number of anilines is 2. The Hall–Kier alpha value is -4.39. The van der Waals surface area contributed by atoms with Crippen molar-refractivity contribution in [2.75, 3.05) is 4.90 Å². The average molecular weight is 652 g/mol. The predicted octanol–water partition coefficient (Wildman–Crippen LogP) is 10.8. The number of carboxylic acid groups (broad SMARTS) is 1. The second-order valence-electron chi connectivity index (χ2n) is 13.8. The van der Waals surface area contributed by atoms with Crippen molar-refractivity contribution < 1.29 is 14.7 Å². The first-order chi connectivity index (χ1) is 22.7. The molecule has 9 rings (SSSR count). The van der Waals surface area contributed by atoms with E-state index in [1.165, 1.54) is 86.7 Å². The largest absolute Gasteiger partial charge is 0.478 e. The van der Waals surface area contributed by atoms with Crippen LogP contribution in [0.25, 0.3) is 27.6 Å². The van der Waals surface area contributed by atoms with E-state index in [0.29, 0.717) is 27.3 Å². The van der Waals surface area contributed by atoms with Crippen LogP contribution in [0, 0.1) is 6.92 Å². The summed E-state index contributed by atoms with van der Waals surface area (Å²) >= 11 is 3.08. The molecule has 5 aromatic rings. The third-order valence-electron chi connectivity index (χ3n) is 10.8. The second-order valence-corrected chi connectivity index (χ2v) is 15.9. The smallest absolute Gasteiger partial charge is 0.335 e. The monoisotopic (exact) mass is 651 g/mol. The maximum absolute atomic E-state index is 13.2. The van der Waals surface area contributed by atoms with Crippen LogP contribution in [0.3, 0.4) is 0 Å². The molecule has 2 aliphatic heterocycles. The lowest BCUT2D eigenvalue weighted by Crippen LogP contribution is -2.26. The number of benzene rings is 4. The van der Waals surface area contributed by atoms with Crippen LogP contribution in [0.2, 0.25) is 0 Å². The molecule has 47 heavy (non-hydrogen) atoms. The van der Waals surface area contributed by atoms with Crippen molar-refractivity contribution in [2.45, 2.75) is 62.3 Å². The number of carbonyl (C=O) groups excluding carboxylic acids is 1. The van der Waals surface area contributed by atoms with E-state index in [4.69, 9.17) is 0 Å². The van der Waals surface area contributed by atoms with Gasteiger partial charge in [-0.25, -0.2) is 4.79 Å². The minimum Gasteiger partial charge on any atom is -0.478 e. The molecule has 0 spiro atoms. The van der Waals surface area contributed by atoms with E-state index in [-0.39, 0.29) is 16.8 Å². The first-order valence-corrected chi connectivity index (χ1v) is 17.9. The number of allylic oxidation sites excluding steroid dienone is 1. The number of nitrogens with zero attached hydrogens (tertiary/aromatic N) is 1. The quantitative estimate of drug-likeness (QED) is 0.196. The van der Waals surface area contributed by atoms with Crippen molar-refractivity contribution in [3.8, 4) is 21.6 Å². The van der Waals surface area contributed by atoms with Gasteiger partial charge < -0.3 is 10.0 Å². The molecule has 4 nitrogen and oxygen atoms in total. The van der Waals surface area contributed by atoms with Crippen molar-refractivity contribution in [3.05, 3.63) is 128 Å². The molecule has 4 aromatic carbocycles. The second kappa shape index (κ2) is 10.3. The fraction of sp³-hybridized carbons (Fsp3) is 0.220. The van der Waals surface area contributed by atoms with Crippen molar-refractivity contribution in [1.29, 1.82) is 0 Å². The molecule has 2 atom stereocenters. The number of carboxylic acids is 1. The van der Waals surface area contributed by atoms with Crippen molar-refractivity contribution in [3.63, 3.8) is 0 Å². The van der Waals surface area contributed by atoms with E-state index >= 15 is 0 Å². The first-order valence-electron chi connectivity index (χ1n) is 16.3. The molecule has 2 unspecified atom stereocenters. The Labute approximate surface area is 282 Å². The highest BCUT2D eigenvalue weighted by Crippen LogP contribution is 2.56. The molecular formula is C41H33NO3S2. The summed E-state index contributed by atoms with van der Waals surface area (Å²) in [4.78, 5) is 30.8. The van der Waals surface area contributed by atoms with Gasteiger partial charge in [-0.05, 0) is 113 Å².